The van der Waals surface area contributed by atoms with E-state index in [-0.39, 0.29) is 11.7 Å². The van der Waals surface area contributed by atoms with E-state index in [9.17, 15) is 9.90 Å². The van der Waals surface area contributed by atoms with Gasteiger partial charge in [0.1, 0.15) is 17.3 Å². The maximum Gasteiger partial charge on any atom is 0.255 e. The molecule has 0 radical (unpaired) electrons. The highest BCUT2D eigenvalue weighted by atomic mass is 16.5. The lowest BCUT2D eigenvalue weighted by atomic mass is 10.0. The summed E-state index contributed by atoms with van der Waals surface area (Å²) in [5, 5.41) is 13.7. The highest BCUT2D eigenvalue weighted by Gasteiger charge is 2.20. The van der Waals surface area contributed by atoms with Gasteiger partial charge in [-0.05, 0) is 55.1 Å². The summed E-state index contributed by atoms with van der Waals surface area (Å²) in [6.45, 7) is 4.66. The predicted octanol–water partition coefficient (Wildman–Crippen LogP) is 4.76. The number of carbonyl (C=O) groups excluding carboxylic acids is 1. The van der Waals surface area contributed by atoms with Crippen LogP contribution in [0.2, 0.25) is 0 Å². The van der Waals surface area contributed by atoms with Crippen LogP contribution in [-0.2, 0) is 4.74 Å². The van der Waals surface area contributed by atoms with Crippen LogP contribution in [0.5, 0.6) is 11.5 Å². The zero-order valence-corrected chi connectivity index (χ0v) is 24.8. The number of benzene rings is 3. The first-order valence-corrected chi connectivity index (χ1v) is 14.3. The van der Waals surface area contributed by atoms with Crippen molar-refractivity contribution in [2.45, 2.75) is 0 Å². The molecule has 222 valence electrons. The first kappa shape index (κ1) is 28.2. The zero-order chi connectivity index (χ0) is 30.1. The average molecular weight is 581 g/mol. The van der Waals surface area contributed by atoms with Gasteiger partial charge in [0, 0.05) is 62.7 Å². The molecule has 0 atom stereocenters. The number of allylic oxidation sites excluding steroid dienone is 2. The third kappa shape index (κ3) is 5.61. The Kier molecular flexibility index (Phi) is 7.69. The van der Waals surface area contributed by atoms with Gasteiger partial charge >= 0.3 is 0 Å². The number of phenolic OH excluding ortho intramolecular Hbond substituents is 1. The highest BCUT2D eigenvalue weighted by molar-refractivity contribution is 6.07. The number of aromatic nitrogens is 2. The number of amides is 1. The van der Waals surface area contributed by atoms with Crippen LogP contribution in [0.1, 0.15) is 15.9 Å². The molecular formula is C33H36N6O4. The summed E-state index contributed by atoms with van der Waals surface area (Å²) < 4.78 is 11.3. The number of likely N-dealkylation sites (N-methyl/N-ethyl adjacent to an activating group) is 2. The summed E-state index contributed by atoms with van der Waals surface area (Å²) in [6.07, 6.45) is 4.09. The van der Waals surface area contributed by atoms with Crippen molar-refractivity contribution >= 4 is 33.9 Å². The van der Waals surface area contributed by atoms with Crippen molar-refractivity contribution in [1.82, 2.24) is 19.8 Å². The number of aromatic amines is 1. The van der Waals surface area contributed by atoms with Crippen molar-refractivity contribution in [1.29, 1.82) is 0 Å². The van der Waals surface area contributed by atoms with Gasteiger partial charge in [-0.25, -0.2) is 4.98 Å². The van der Waals surface area contributed by atoms with E-state index < -0.39 is 0 Å². The molecule has 0 bridgehead atoms. The maximum atomic E-state index is 13.3. The molecule has 10 nitrogen and oxygen atoms in total. The van der Waals surface area contributed by atoms with Crippen LogP contribution in [0.25, 0.3) is 28.0 Å². The fraction of sp³-hybridized carbons (Fsp3) is 0.273. The normalized spacial score (nSPS) is 15.7. The number of hydrogen-bond acceptors (Lipinski definition) is 8. The molecule has 0 unspecified atom stereocenters. The molecule has 2 aliphatic heterocycles. The zero-order valence-electron chi connectivity index (χ0n) is 24.8. The van der Waals surface area contributed by atoms with Crippen LogP contribution < -0.4 is 15.0 Å². The Hall–Kier alpha value is -4.96. The lowest BCUT2D eigenvalue weighted by Gasteiger charge is -2.34. The number of rotatable bonds is 7. The van der Waals surface area contributed by atoms with E-state index in [2.05, 4.69) is 33.2 Å². The molecule has 3 heterocycles. The average Bonchev–Trinajstić information content (AvgIpc) is 3.45. The summed E-state index contributed by atoms with van der Waals surface area (Å²) in [5.74, 6) is 1.70. The topological polar surface area (TPSA) is 106 Å². The molecule has 3 aromatic carbocycles. The lowest BCUT2D eigenvalue weighted by molar-refractivity contribution is 0.102. The molecule has 1 saturated heterocycles. The Morgan fingerprint density at radius 3 is 2.56 bits per heavy atom. The minimum absolute atomic E-state index is 0.0978. The van der Waals surface area contributed by atoms with Gasteiger partial charge in [-0.1, -0.05) is 18.2 Å². The Morgan fingerprint density at radius 2 is 1.79 bits per heavy atom. The molecule has 1 fully saturated rings. The van der Waals surface area contributed by atoms with Crippen molar-refractivity contribution in [2.75, 3.05) is 71.3 Å². The van der Waals surface area contributed by atoms with Crippen LogP contribution >= 0.6 is 0 Å². The first-order valence-electron chi connectivity index (χ1n) is 14.3. The van der Waals surface area contributed by atoms with Crippen LogP contribution in [0, 0.1) is 0 Å². The number of ether oxygens (including phenoxy) is 2. The van der Waals surface area contributed by atoms with E-state index in [4.69, 9.17) is 14.5 Å². The maximum absolute atomic E-state index is 13.3. The molecule has 0 aliphatic carbocycles. The number of methoxy groups -OCH3 is 2. The molecule has 1 aromatic heterocycles. The van der Waals surface area contributed by atoms with Gasteiger partial charge < -0.3 is 39.6 Å². The quantitative estimate of drug-likeness (QED) is 0.287. The molecule has 1 amide bonds. The predicted molar refractivity (Wildman–Crippen MR) is 170 cm³/mol. The Labute approximate surface area is 250 Å². The second-order valence-electron chi connectivity index (χ2n) is 10.9. The second kappa shape index (κ2) is 11.7. The number of aromatic hydroxyl groups is 1. The number of imidazole rings is 1. The molecule has 10 heteroatoms. The van der Waals surface area contributed by atoms with Crippen molar-refractivity contribution in [3.63, 3.8) is 0 Å². The third-order valence-electron chi connectivity index (χ3n) is 8.04. The van der Waals surface area contributed by atoms with Crippen LogP contribution in [0.15, 0.2) is 72.6 Å². The van der Waals surface area contributed by atoms with Gasteiger partial charge in [0.2, 0.25) is 0 Å². The number of hydrogen-bond donors (Lipinski definition) is 3. The smallest absolute Gasteiger partial charge is 0.255 e. The van der Waals surface area contributed by atoms with Crippen molar-refractivity contribution < 1.29 is 19.4 Å². The second-order valence-corrected chi connectivity index (χ2v) is 10.9. The van der Waals surface area contributed by atoms with E-state index in [1.165, 1.54) is 0 Å². The van der Waals surface area contributed by atoms with Crippen molar-refractivity contribution in [3.05, 3.63) is 83.8 Å². The van der Waals surface area contributed by atoms with Crippen molar-refractivity contribution in [2.24, 2.45) is 0 Å². The van der Waals surface area contributed by atoms with Crippen LogP contribution in [0.3, 0.4) is 0 Å². The molecule has 2 aliphatic rings. The molecule has 43 heavy (non-hydrogen) atoms. The molecule has 4 aromatic rings. The first-order chi connectivity index (χ1) is 20.8. The van der Waals surface area contributed by atoms with Gasteiger partial charge in [0.25, 0.3) is 5.91 Å². The van der Waals surface area contributed by atoms with E-state index in [0.717, 1.165) is 55.4 Å². The Morgan fingerprint density at radius 1 is 0.977 bits per heavy atom. The summed E-state index contributed by atoms with van der Waals surface area (Å²) >= 11 is 0. The van der Waals surface area contributed by atoms with Crippen molar-refractivity contribution in [3.8, 4) is 22.9 Å². The number of piperazine rings is 1. The molecular weight excluding hydrogens is 544 g/mol. The number of H-pyrrole nitrogens is 1. The number of carbonyl (C=O) groups is 1. The minimum Gasteiger partial charge on any atom is -0.507 e. The Bertz CT molecular complexity index is 1730. The number of nitrogens with zero attached hydrogens (tertiary/aromatic N) is 4. The van der Waals surface area contributed by atoms with Gasteiger partial charge in [-0.15, -0.1) is 0 Å². The Balaban J connectivity index is 1.24. The van der Waals surface area contributed by atoms with Crippen LogP contribution in [0.4, 0.5) is 11.4 Å². The highest BCUT2D eigenvalue weighted by Crippen LogP contribution is 2.35. The number of nitrogens with one attached hydrogen (secondary N) is 2. The van der Waals surface area contributed by atoms with Crippen LogP contribution in [-0.4, -0.2) is 91.8 Å². The third-order valence-corrected chi connectivity index (χ3v) is 8.04. The number of anilines is 2. The number of phenols is 1. The summed E-state index contributed by atoms with van der Waals surface area (Å²) in [4.78, 5) is 27.9. The van der Waals surface area contributed by atoms with E-state index in [0.29, 0.717) is 39.4 Å². The van der Waals surface area contributed by atoms with E-state index in [1.807, 2.05) is 48.4 Å². The fourth-order valence-corrected chi connectivity index (χ4v) is 5.58. The fourth-order valence-electron chi connectivity index (χ4n) is 5.58. The summed E-state index contributed by atoms with van der Waals surface area (Å²) in [7, 11) is 7.36. The summed E-state index contributed by atoms with van der Waals surface area (Å²) in [6, 6.07) is 16.6. The molecule has 6 rings (SSSR count). The molecule has 0 saturated carbocycles. The largest absolute Gasteiger partial charge is 0.507 e. The van der Waals surface area contributed by atoms with Gasteiger partial charge in [-0.3, -0.25) is 4.79 Å². The standard InChI is InChI=1S/C33H36N6O4/c1-37-14-16-39(17-15-37)23-9-11-27(30(20-23)42-3)36-32(41)22-7-10-26-28(19-22)35-31(34-26)25-18-21(8-12-29(25)40)24-6-5-13-38(2)33(24)43-4/h5-12,18-20,40H,13-17H2,1-4H3,(H,34,35)(H,36,41). The lowest BCUT2D eigenvalue weighted by Crippen LogP contribution is -2.44. The minimum atomic E-state index is -0.263. The molecule has 3 N–H and O–H groups in total. The monoisotopic (exact) mass is 580 g/mol. The van der Waals surface area contributed by atoms with Gasteiger partial charge in [0.05, 0.1) is 36.5 Å². The SMILES string of the molecule is COC1=C(c2ccc(O)c(-c3nc4ccc(C(=O)Nc5ccc(N6CCN(C)CC6)cc5OC)cc4[nH]3)c2)C=CCN1C. The number of fused-ring (bicyclic) bond motifs is 1. The van der Waals surface area contributed by atoms with Gasteiger partial charge in [0.15, 0.2) is 5.88 Å². The van der Waals surface area contributed by atoms with E-state index >= 15 is 0 Å². The van der Waals surface area contributed by atoms with E-state index in [1.54, 1.807) is 38.5 Å². The molecule has 0 spiro atoms. The van der Waals surface area contributed by atoms with Gasteiger partial charge in [-0.2, -0.15) is 0 Å². The summed E-state index contributed by atoms with van der Waals surface area (Å²) in [5.41, 5.74) is 5.86.